The fourth-order valence-corrected chi connectivity index (χ4v) is 5.55. The summed E-state index contributed by atoms with van der Waals surface area (Å²) in [5.41, 5.74) is 1.41. The van der Waals surface area contributed by atoms with Crippen LogP contribution in [-0.2, 0) is 14.8 Å². The molecule has 15 heteroatoms. The van der Waals surface area contributed by atoms with E-state index in [2.05, 4.69) is 30.2 Å². The van der Waals surface area contributed by atoms with Gasteiger partial charge < -0.3 is 19.7 Å². The molecule has 5 aromatic rings. The zero-order valence-electron chi connectivity index (χ0n) is 25.0. The number of methoxy groups -OCH3 is 1. The number of fused-ring (bicyclic) bond motifs is 1. The highest BCUT2D eigenvalue weighted by Crippen LogP contribution is 2.42. The number of nitrogens with one attached hydrogen (secondary N) is 2. The molecule has 0 unspecified atom stereocenters. The molecule has 0 fully saturated rings. The Morgan fingerprint density at radius 3 is 2.50 bits per heavy atom. The highest BCUT2D eigenvalue weighted by molar-refractivity contribution is 7.92. The quantitative estimate of drug-likeness (QED) is 0.193. The van der Waals surface area contributed by atoms with Gasteiger partial charge in [0.25, 0.3) is 10.0 Å². The summed E-state index contributed by atoms with van der Waals surface area (Å²) in [6.07, 6.45) is 3.80. The summed E-state index contributed by atoms with van der Waals surface area (Å²) >= 11 is 0. The van der Waals surface area contributed by atoms with E-state index in [9.17, 15) is 13.2 Å². The minimum absolute atomic E-state index is 0.0220. The third kappa shape index (κ3) is 7.16. The summed E-state index contributed by atoms with van der Waals surface area (Å²) in [6, 6.07) is 14.1. The molecule has 5 rings (SSSR count). The maximum absolute atomic E-state index is 16.6. The first-order chi connectivity index (χ1) is 22.1. The molecule has 0 spiro atoms. The lowest BCUT2D eigenvalue weighted by Crippen LogP contribution is -2.34. The number of hydrogen-bond donors (Lipinski definition) is 2. The van der Waals surface area contributed by atoms with Crippen LogP contribution in [0.4, 0.5) is 19.3 Å². The van der Waals surface area contributed by atoms with Gasteiger partial charge in [0, 0.05) is 29.3 Å². The predicted octanol–water partition coefficient (Wildman–Crippen LogP) is 4.69. The number of likely N-dealkylation sites (N-methyl/N-ethyl adjacent to an activating group) is 1. The van der Waals surface area contributed by atoms with Gasteiger partial charge in [-0.2, -0.15) is 19.6 Å². The first-order valence-electron chi connectivity index (χ1n) is 13.8. The fraction of sp³-hybridized carbons (Fsp3) is 0.194. The Morgan fingerprint density at radius 1 is 0.957 bits per heavy atom. The predicted molar refractivity (Wildman–Crippen MR) is 168 cm³/mol. The van der Waals surface area contributed by atoms with Crippen LogP contribution in [0.1, 0.15) is 0 Å². The number of carbonyl (C=O) groups excluding carboxylic acids is 1. The Kier molecular flexibility index (Phi) is 9.63. The molecule has 1 amide bonds. The van der Waals surface area contributed by atoms with E-state index in [1.165, 1.54) is 37.6 Å². The number of halogens is 2. The summed E-state index contributed by atoms with van der Waals surface area (Å²) in [5.74, 6) is -3.40. The van der Waals surface area contributed by atoms with E-state index in [-0.39, 0.29) is 29.0 Å². The second-order valence-corrected chi connectivity index (χ2v) is 11.9. The van der Waals surface area contributed by atoms with Crippen LogP contribution in [0.2, 0.25) is 0 Å². The van der Waals surface area contributed by atoms with Crippen molar-refractivity contribution in [2.45, 2.75) is 0 Å². The van der Waals surface area contributed by atoms with E-state index in [0.29, 0.717) is 17.4 Å². The SMILES string of the molecule is COc1nc(F)c(-c2ccc3nccc(-c4ccnnc4)c3c2)c(F)c1-c1ccccc1NS(=O)(=O)CNC(=O)OCCN(C)C. The van der Waals surface area contributed by atoms with Gasteiger partial charge in [0.2, 0.25) is 11.8 Å². The molecular formula is C31H29F2N7O5S. The third-order valence-electron chi connectivity index (χ3n) is 6.82. The fourth-order valence-electron chi connectivity index (χ4n) is 4.66. The Morgan fingerprint density at radius 2 is 1.76 bits per heavy atom. The molecule has 0 aliphatic heterocycles. The van der Waals surface area contributed by atoms with Crippen molar-refractivity contribution in [2.24, 2.45) is 0 Å². The lowest BCUT2D eigenvalue weighted by atomic mass is 9.96. The van der Waals surface area contributed by atoms with Crippen LogP contribution in [-0.4, -0.2) is 79.8 Å². The monoisotopic (exact) mass is 649 g/mol. The normalized spacial score (nSPS) is 11.4. The van der Waals surface area contributed by atoms with E-state index in [1.54, 1.807) is 61.7 Å². The average molecular weight is 650 g/mol. The van der Waals surface area contributed by atoms with Gasteiger partial charge in [-0.3, -0.25) is 9.71 Å². The second kappa shape index (κ2) is 13.8. The number of alkyl carbamates (subject to hydrolysis) is 1. The first kappa shape index (κ1) is 32.1. The van der Waals surface area contributed by atoms with Crippen molar-refractivity contribution in [1.29, 1.82) is 0 Å². The highest BCUT2D eigenvalue weighted by atomic mass is 32.2. The first-order valence-corrected chi connectivity index (χ1v) is 15.5. The molecular weight excluding hydrogens is 620 g/mol. The zero-order valence-corrected chi connectivity index (χ0v) is 25.8. The van der Waals surface area contributed by atoms with Crippen molar-refractivity contribution in [3.8, 4) is 39.3 Å². The molecule has 0 atom stereocenters. The minimum atomic E-state index is -4.21. The Bertz CT molecular complexity index is 2000. The number of carbonyl (C=O) groups is 1. The Labute approximate surface area is 263 Å². The van der Waals surface area contributed by atoms with Gasteiger partial charge in [-0.25, -0.2) is 17.6 Å². The molecule has 46 heavy (non-hydrogen) atoms. The average Bonchev–Trinajstić information content (AvgIpc) is 3.04. The van der Waals surface area contributed by atoms with Crippen LogP contribution >= 0.6 is 0 Å². The van der Waals surface area contributed by atoms with Crippen LogP contribution in [0.5, 0.6) is 5.88 Å². The third-order valence-corrected chi connectivity index (χ3v) is 7.87. The van der Waals surface area contributed by atoms with Crippen molar-refractivity contribution in [2.75, 3.05) is 45.0 Å². The number of anilines is 1. The number of sulfonamides is 1. The summed E-state index contributed by atoms with van der Waals surface area (Å²) in [6.45, 7) is 0.510. The van der Waals surface area contributed by atoms with Gasteiger partial charge in [0.05, 0.1) is 41.8 Å². The van der Waals surface area contributed by atoms with E-state index in [0.717, 1.165) is 11.1 Å². The summed E-state index contributed by atoms with van der Waals surface area (Å²) in [4.78, 5) is 22.0. The maximum atomic E-state index is 16.6. The second-order valence-electron chi connectivity index (χ2n) is 10.2. The standard InChI is InChI=1S/C31H29F2N7O5S/c1-40(2)14-15-45-31(41)35-18-46(42,43)39-25-7-5-4-6-22(25)27-28(32)26(29(33)38-30(27)44-3)19-8-9-24-23(16-19)21(11-12-34-24)20-10-13-36-37-17-20/h4-13,16-17,39H,14-15,18H2,1-3H3,(H,35,41). The number of nitrogens with zero attached hydrogens (tertiary/aromatic N) is 5. The molecule has 0 aliphatic carbocycles. The van der Waals surface area contributed by atoms with E-state index >= 15 is 8.78 Å². The lowest BCUT2D eigenvalue weighted by Gasteiger charge is -2.18. The van der Waals surface area contributed by atoms with E-state index in [1.807, 2.05) is 0 Å². The molecule has 12 nitrogen and oxygen atoms in total. The van der Waals surface area contributed by atoms with Gasteiger partial charge in [0.1, 0.15) is 18.3 Å². The summed E-state index contributed by atoms with van der Waals surface area (Å²) < 4.78 is 70.5. The van der Waals surface area contributed by atoms with Gasteiger partial charge in [-0.05, 0) is 55.6 Å². The van der Waals surface area contributed by atoms with Crippen molar-refractivity contribution in [3.63, 3.8) is 0 Å². The molecule has 0 saturated carbocycles. The summed E-state index contributed by atoms with van der Waals surface area (Å²) in [5, 5.41) is 10.5. The summed E-state index contributed by atoms with van der Waals surface area (Å²) in [7, 11) is 0.574. The molecule has 2 aromatic carbocycles. The van der Waals surface area contributed by atoms with Gasteiger partial charge >= 0.3 is 6.09 Å². The van der Waals surface area contributed by atoms with Gasteiger partial charge in [0.15, 0.2) is 0 Å². The van der Waals surface area contributed by atoms with Crippen LogP contribution in [0.25, 0.3) is 44.3 Å². The van der Waals surface area contributed by atoms with Crippen molar-refractivity contribution >= 4 is 32.7 Å². The maximum Gasteiger partial charge on any atom is 0.408 e. The van der Waals surface area contributed by atoms with Crippen molar-refractivity contribution < 1.29 is 31.5 Å². The minimum Gasteiger partial charge on any atom is -0.480 e. The lowest BCUT2D eigenvalue weighted by molar-refractivity contribution is 0.138. The smallest absolute Gasteiger partial charge is 0.408 e. The number of pyridine rings is 2. The number of amides is 1. The molecule has 2 N–H and O–H groups in total. The number of hydrogen-bond acceptors (Lipinski definition) is 10. The van der Waals surface area contributed by atoms with Crippen LogP contribution in [0.3, 0.4) is 0 Å². The number of aromatic nitrogens is 4. The van der Waals surface area contributed by atoms with Crippen molar-refractivity contribution in [3.05, 3.63) is 85.0 Å². The number of benzene rings is 2. The molecule has 0 saturated heterocycles. The van der Waals surface area contributed by atoms with E-state index < -0.39 is 45.2 Å². The molecule has 0 bridgehead atoms. The van der Waals surface area contributed by atoms with E-state index in [4.69, 9.17) is 9.47 Å². The van der Waals surface area contributed by atoms with Crippen LogP contribution in [0.15, 0.2) is 73.2 Å². The van der Waals surface area contributed by atoms with Gasteiger partial charge in [-0.15, -0.1) is 0 Å². The Hall–Kier alpha value is -5.28. The molecule has 3 aromatic heterocycles. The molecule has 0 aliphatic rings. The number of ether oxygens (including phenoxy) is 2. The van der Waals surface area contributed by atoms with Crippen molar-refractivity contribution in [1.82, 2.24) is 30.4 Å². The Balaban J connectivity index is 1.53. The zero-order chi connectivity index (χ0) is 32.8. The number of rotatable bonds is 11. The largest absolute Gasteiger partial charge is 0.480 e. The molecule has 238 valence electrons. The van der Waals surface area contributed by atoms with Crippen LogP contribution < -0.4 is 14.8 Å². The van der Waals surface area contributed by atoms with Gasteiger partial charge in [-0.1, -0.05) is 24.3 Å². The molecule has 3 heterocycles. The highest BCUT2D eigenvalue weighted by Gasteiger charge is 2.26. The molecule has 0 radical (unpaired) electrons. The number of para-hydroxylation sites is 1. The van der Waals surface area contributed by atoms with Crippen LogP contribution in [0, 0.1) is 11.8 Å². The topological polar surface area (TPSA) is 149 Å².